The number of aromatic nitrogens is 1. The number of morpholine rings is 1. The van der Waals surface area contributed by atoms with E-state index in [0.29, 0.717) is 25.3 Å². The van der Waals surface area contributed by atoms with E-state index in [1.165, 1.54) is 10.6 Å². The van der Waals surface area contributed by atoms with E-state index in [1.807, 2.05) is 0 Å². The number of ether oxygens (including phenoxy) is 1. The number of hydrogen-bond donors (Lipinski definition) is 0. The Bertz CT molecular complexity index is 712. The Kier molecular flexibility index (Phi) is 4.04. The first-order valence-electron chi connectivity index (χ1n) is 7.50. The summed E-state index contributed by atoms with van der Waals surface area (Å²) in [6.45, 7) is 4.95. The molecule has 7 heteroatoms. The minimum absolute atomic E-state index is 0.0286. The lowest BCUT2D eigenvalue weighted by molar-refractivity contribution is -0.151. The first kappa shape index (κ1) is 15.5. The van der Waals surface area contributed by atoms with Crippen molar-refractivity contribution in [2.45, 2.75) is 12.1 Å². The van der Waals surface area contributed by atoms with E-state index in [-0.39, 0.29) is 36.1 Å². The lowest BCUT2D eigenvalue weighted by Gasteiger charge is -2.35. The summed E-state index contributed by atoms with van der Waals surface area (Å²) in [6, 6.07) is 4.44. The Morgan fingerprint density at radius 1 is 1.39 bits per heavy atom. The zero-order valence-electron chi connectivity index (χ0n) is 13.0. The summed E-state index contributed by atoms with van der Waals surface area (Å²) < 4.78 is 6.90. The highest BCUT2D eigenvalue weighted by Crippen LogP contribution is 2.24. The van der Waals surface area contributed by atoms with E-state index < -0.39 is 0 Å². The SMILES string of the molecule is C=CCN1C(=O)CO[C@@H]2CN(C(=O)c3cccc(=O)n3C)C[C@H]21. The molecule has 1 aromatic heterocycles. The van der Waals surface area contributed by atoms with Crippen molar-refractivity contribution in [3.05, 3.63) is 46.9 Å². The molecule has 3 rings (SSSR count). The third kappa shape index (κ3) is 2.68. The molecule has 0 aromatic carbocycles. The lowest BCUT2D eigenvalue weighted by atomic mass is 10.1. The fraction of sp³-hybridized carbons (Fsp3) is 0.438. The van der Waals surface area contributed by atoms with Gasteiger partial charge in [-0.15, -0.1) is 6.58 Å². The summed E-state index contributed by atoms with van der Waals surface area (Å²) in [7, 11) is 1.57. The molecule has 1 aromatic rings. The van der Waals surface area contributed by atoms with Gasteiger partial charge in [0.2, 0.25) is 5.91 Å². The van der Waals surface area contributed by atoms with Gasteiger partial charge in [0.05, 0.1) is 12.1 Å². The van der Waals surface area contributed by atoms with Gasteiger partial charge in [-0.2, -0.15) is 0 Å². The summed E-state index contributed by atoms with van der Waals surface area (Å²) >= 11 is 0. The van der Waals surface area contributed by atoms with Crippen LogP contribution in [-0.2, 0) is 16.6 Å². The van der Waals surface area contributed by atoms with Crippen molar-refractivity contribution in [3.8, 4) is 0 Å². The second-order valence-corrected chi connectivity index (χ2v) is 5.77. The largest absolute Gasteiger partial charge is 0.364 e. The first-order valence-corrected chi connectivity index (χ1v) is 7.50. The maximum absolute atomic E-state index is 12.7. The van der Waals surface area contributed by atoms with Gasteiger partial charge in [0.1, 0.15) is 12.3 Å². The van der Waals surface area contributed by atoms with Gasteiger partial charge in [-0.25, -0.2) is 0 Å². The van der Waals surface area contributed by atoms with Crippen LogP contribution in [0.2, 0.25) is 0 Å². The molecule has 7 nitrogen and oxygen atoms in total. The van der Waals surface area contributed by atoms with Crippen LogP contribution < -0.4 is 5.56 Å². The van der Waals surface area contributed by atoms with Crippen LogP contribution in [0.25, 0.3) is 0 Å². The Morgan fingerprint density at radius 3 is 2.91 bits per heavy atom. The van der Waals surface area contributed by atoms with Crippen LogP contribution in [0.5, 0.6) is 0 Å². The van der Waals surface area contributed by atoms with Crippen LogP contribution in [0.4, 0.5) is 0 Å². The molecule has 2 aliphatic rings. The minimum Gasteiger partial charge on any atom is -0.364 e. The second-order valence-electron chi connectivity index (χ2n) is 5.77. The molecule has 0 unspecified atom stereocenters. The molecule has 2 aliphatic heterocycles. The zero-order valence-corrected chi connectivity index (χ0v) is 13.0. The topological polar surface area (TPSA) is 71.8 Å². The van der Waals surface area contributed by atoms with E-state index in [0.717, 1.165) is 0 Å². The standard InChI is InChI=1S/C16H19N3O4/c1-3-7-19-12-8-18(9-13(12)23-10-15(19)21)16(22)11-5-4-6-14(20)17(11)2/h3-6,12-13H,1,7-10H2,2H3/t12-,13-/m1/s1. The number of amides is 2. The fourth-order valence-corrected chi connectivity index (χ4v) is 3.15. The molecule has 0 radical (unpaired) electrons. The number of carbonyl (C=O) groups excluding carboxylic acids is 2. The molecule has 0 N–H and O–H groups in total. The molecule has 2 fully saturated rings. The summed E-state index contributed by atoms with van der Waals surface area (Å²) in [5.41, 5.74) is 0.102. The molecule has 122 valence electrons. The van der Waals surface area contributed by atoms with Gasteiger partial charge in [-0.05, 0) is 6.07 Å². The third-order valence-electron chi connectivity index (χ3n) is 4.40. The monoisotopic (exact) mass is 317 g/mol. The third-order valence-corrected chi connectivity index (χ3v) is 4.40. The van der Waals surface area contributed by atoms with Crippen LogP contribution in [0.1, 0.15) is 10.5 Å². The van der Waals surface area contributed by atoms with Crippen molar-refractivity contribution >= 4 is 11.8 Å². The number of likely N-dealkylation sites (tertiary alicyclic amines) is 1. The molecule has 2 atom stereocenters. The van der Waals surface area contributed by atoms with Crippen LogP contribution in [-0.4, -0.2) is 64.6 Å². The van der Waals surface area contributed by atoms with Crippen molar-refractivity contribution in [1.82, 2.24) is 14.4 Å². The maximum Gasteiger partial charge on any atom is 0.270 e. The predicted molar refractivity (Wildman–Crippen MR) is 83.0 cm³/mol. The maximum atomic E-state index is 12.7. The van der Waals surface area contributed by atoms with Gasteiger partial charge >= 0.3 is 0 Å². The van der Waals surface area contributed by atoms with Gasteiger partial charge in [0.25, 0.3) is 11.5 Å². The van der Waals surface area contributed by atoms with Gasteiger partial charge in [-0.3, -0.25) is 14.4 Å². The fourth-order valence-electron chi connectivity index (χ4n) is 3.15. The van der Waals surface area contributed by atoms with Crippen molar-refractivity contribution in [2.75, 3.05) is 26.2 Å². The van der Waals surface area contributed by atoms with Crippen LogP contribution >= 0.6 is 0 Å². The molecule has 0 aliphatic carbocycles. The van der Waals surface area contributed by atoms with Crippen LogP contribution in [0, 0.1) is 0 Å². The van der Waals surface area contributed by atoms with E-state index in [2.05, 4.69) is 6.58 Å². The normalized spacial score (nSPS) is 23.8. The highest BCUT2D eigenvalue weighted by molar-refractivity contribution is 5.93. The second kappa shape index (κ2) is 6.00. The van der Waals surface area contributed by atoms with Crippen LogP contribution in [0.3, 0.4) is 0 Å². The molecule has 2 amide bonds. The average Bonchev–Trinajstić information content (AvgIpc) is 2.97. The molecular weight excluding hydrogens is 298 g/mol. The minimum atomic E-state index is -0.229. The van der Waals surface area contributed by atoms with E-state index in [4.69, 9.17) is 4.74 Å². The summed E-state index contributed by atoms with van der Waals surface area (Å²) in [4.78, 5) is 39.7. The van der Waals surface area contributed by atoms with Gasteiger partial charge < -0.3 is 19.1 Å². The predicted octanol–water partition coefficient (Wildman–Crippen LogP) is -0.377. The first-order chi connectivity index (χ1) is 11.0. The molecule has 0 saturated carbocycles. The van der Waals surface area contributed by atoms with Gasteiger partial charge in [0, 0.05) is 32.7 Å². The number of carbonyl (C=O) groups is 2. The summed E-state index contributed by atoms with van der Waals surface area (Å²) in [5.74, 6) is -0.318. The number of nitrogens with zero attached hydrogens (tertiary/aromatic N) is 3. The molecule has 0 spiro atoms. The Balaban J connectivity index is 1.82. The smallest absolute Gasteiger partial charge is 0.270 e. The quantitative estimate of drug-likeness (QED) is 0.713. The number of pyridine rings is 1. The van der Waals surface area contributed by atoms with Gasteiger partial charge in [-0.1, -0.05) is 12.1 Å². The average molecular weight is 317 g/mol. The molecule has 3 heterocycles. The molecule has 2 saturated heterocycles. The van der Waals surface area contributed by atoms with Crippen molar-refractivity contribution in [3.63, 3.8) is 0 Å². The van der Waals surface area contributed by atoms with E-state index in [1.54, 1.807) is 35.1 Å². The Morgan fingerprint density at radius 2 is 2.17 bits per heavy atom. The molecular formula is C16H19N3O4. The highest BCUT2D eigenvalue weighted by Gasteiger charge is 2.44. The number of fused-ring (bicyclic) bond motifs is 1. The number of hydrogen-bond acceptors (Lipinski definition) is 4. The van der Waals surface area contributed by atoms with Crippen molar-refractivity contribution < 1.29 is 14.3 Å². The van der Waals surface area contributed by atoms with Gasteiger partial charge in [0.15, 0.2) is 0 Å². The van der Waals surface area contributed by atoms with Crippen LogP contribution in [0.15, 0.2) is 35.6 Å². The summed E-state index contributed by atoms with van der Waals surface area (Å²) in [6.07, 6.45) is 1.48. The van der Waals surface area contributed by atoms with Crippen molar-refractivity contribution in [2.24, 2.45) is 7.05 Å². The zero-order chi connectivity index (χ0) is 16.6. The summed E-state index contributed by atoms with van der Waals surface area (Å²) in [5, 5.41) is 0. The van der Waals surface area contributed by atoms with E-state index >= 15 is 0 Å². The lowest BCUT2D eigenvalue weighted by Crippen LogP contribution is -2.53. The Labute approximate surface area is 133 Å². The van der Waals surface area contributed by atoms with E-state index in [9.17, 15) is 14.4 Å². The Hall–Kier alpha value is -2.41. The van der Waals surface area contributed by atoms with Crippen molar-refractivity contribution in [1.29, 1.82) is 0 Å². The molecule has 23 heavy (non-hydrogen) atoms. The molecule has 0 bridgehead atoms. The highest BCUT2D eigenvalue weighted by atomic mass is 16.5. The number of rotatable bonds is 3.